The van der Waals surface area contributed by atoms with Crippen LogP contribution in [0.4, 0.5) is 42.1 Å². The second-order valence-electron chi connectivity index (χ2n) is 8.06. The molecule has 3 aromatic carbocycles. The predicted molar refractivity (Wildman–Crippen MR) is 134 cm³/mol. The van der Waals surface area contributed by atoms with Crippen molar-refractivity contribution in [1.82, 2.24) is 0 Å². The van der Waals surface area contributed by atoms with Gasteiger partial charge in [-0.15, -0.1) is 11.8 Å². The Morgan fingerprint density at radius 3 is 2.05 bits per heavy atom. The molecule has 6 nitrogen and oxygen atoms in total. The molecule has 0 spiro atoms. The third-order valence-electron chi connectivity index (χ3n) is 5.47. The zero-order chi connectivity index (χ0) is 29.8. The van der Waals surface area contributed by atoms with Crippen LogP contribution in [-0.2, 0) is 11.0 Å². The summed E-state index contributed by atoms with van der Waals surface area (Å²) in [6.07, 6.45) is -5.66. The first-order valence-electron chi connectivity index (χ1n) is 11.4. The highest BCUT2D eigenvalue weighted by Crippen LogP contribution is 2.39. The van der Waals surface area contributed by atoms with Crippen LogP contribution in [0, 0.1) is 23.3 Å². The van der Waals surface area contributed by atoms with Gasteiger partial charge in [-0.1, -0.05) is 13.0 Å². The lowest BCUT2D eigenvalue weighted by Crippen LogP contribution is -2.27. The van der Waals surface area contributed by atoms with Gasteiger partial charge in [0.05, 0.1) is 19.5 Å². The van der Waals surface area contributed by atoms with Crippen molar-refractivity contribution in [2.24, 2.45) is 0 Å². The van der Waals surface area contributed by atoms with Crippen LogP contribution in [0.1, 0.15) is 29.3 Å². The predicted octanol–water partition coefficient (Wildman–Crippen LogP) is 7.04. The smallest absolute Gasteiger partial charge is 0.422 e. The summed E-state index contributed by atoms with van der Waals surface area (Å²) in [5, 5.41) is 3.23. The van der Waals surface area contributed by atoms with Gasteiger partial charge < -0.3 is 20.1 Å². The highest BCUT2D eigenvalue weighted by molar-refractivity contribution is 8.00. The Morgan fingerprint density at radius 2 is 1.50 bits per heavy atom. The summed E-state index contributed by atoms with van der Waals surface area (Å²) in [4.78, 5) is 25.8. The van der Waals surface area contributed by atoms with Crippen molar-refractivity contribution < 1.29 is 49.8 Å². The Labute approximate surface area is 227 Å². The van der Waals surface area contributed by atoms with Crippen LogP contribution in [-0.4, -0.2) is 31.3 Å². The van der Waals surface area contributed by atoms with Crippen LogP contribution < -0.4 is 20.1 Å². The Hall–Kier alpha value is -3.94. The van der Waals surface area contributed by atoms with E-state index in [0.717, 1.165) is 11.8 Å². The highest BCUT2D eigenvalue weighted by Gasteiger charge is 2.42. The molecule has 3 rings (SSSR count). The fourth-order valence-corrected chi connectivity index (χ4v) is 4.52. The van der Waals surface area contributed by atoms with E-state index in [2.05, 4.69) is 5.32 Å². The normalized spacial score (nSPS) is 12.1. The van der Waals surface area contributed by atoms with E-state index in [-0.39, 0.29) is 12.0 Å². The number of ether oxygens (including phenoxy) is 2. The van der Waals surface area contributed by atoms with Gasteiger partial charge in [-0.3, -0.25) is 9.59 Å². The van der Waals surface area contributed by atoms with Gasteiger partial charge in [-0.05, 0) is 42.8 Å². The van der Waals surface area contributed by atoms with Crippen molar-refractivity contribution in [3.05, 3.63) is 76.9 Å². The van der Waals surface area contributed by atoms with Crippen LogP contribution in [0.25, 0.3) is 0 Å². The number of methoxy groups -OCH3 is 2. The first-order chi connectivity index (χ1) is 18.8. The number of hydrogen-bond acceptors (Lipinski definition) is 5. The van der Waals surface area contributed by atoms with Gasteiger partial charge in [0.1, 0.15) is 11.3 Å². The van der Waals surface area contributed by atoms with Crippen molar-refractivity contribution in [2.45, 2.75) is 29.7 Å². The lowest BCUT2D eigenvalue weighted by atomic mass is 10.1. The second kappa shape index (κ2) is 12.5. The van der Waals surface area contributed by atoms with Crippen molar-refractivity contribution in [3.63, 3.8) is 0 Å². The maximum atomic E-state index is 14.2. The van der Waals surface area contributed by atoms with Gasteiger partial charge >= 0.3 is 6.18 Å². The average Bonchev–Trinajstić information content (AvgIpc) is 2.91. The number of hydrogen-bond donors (Lipinski definition) is 2. The number of alkyl halides is 3. The van der Waals surface area contributed by atoms with Crippen molar-refractivity contribution in [3.8, 4) is 11.5 Å². The third kappa shape index (κ3) is 6.61. The fourth-order valence-electron chi connectivity index (χ4n) is 3.51. The molecule has 0 aromatic heterocycles. The van der Waals surface area contributed by atoms with E-state index in [0.29, 0.717) is 22.1 Å². The zero-order valence-corrected chi connectivity index (χ0v) is 21.8. The molecule has 0 saturated carbocycles. The number of nitrogens with one attached hydrogen (secondary N) is 2. The second-order valence-corrected chi connectivity index (χ2v) is 9.34. The molecule has 2 N–H and O–H groups in total. The highest BCUT2D eigenvalue weighted by atomic mass is 32.2. The van der Waals surface area contributed by atoms with Crippen LogP contribution in [0.3, 0.4) is 0 Å². The maximum absolute atomic E-state index is 14.2. The molecule has 0 saturated heterocycles. The minimum atomic E-state index is -5.71. The number of thioether (sulfide) groups is 1. The molecule has 2 amide bonds. The first-order valence-corrected chi connectivity index (χ1v) is 12.2. The lowest BCUT2D eigenvalue weighted by molar-refractivity contribution is -0.143. The summed E-state index contributed by atoms with van der Waals surface area (Å²) in [5.74, 6) is -11.0. The standard InChI is InChI=1S/C26H21F7N2O4S/c1-4-17(25(37)35-23-21(29)19(27)18(26(31,32)33)20(28)22(23)30)40-14-7-5-6-13(11-14)34-24(36)12-8-9-15(38-2)16(10-12)39-3/h5-11,17H,4H2,1-3H3,(H,34,36)(H,35,37). The Kier molecular flexibility index (Phi) is 9.56. The SMILES string of the molecule is CCC(Sc1cccc(NC(=O)c2ccc(OC)c(OC)c2)c1)C(=O)Nc1c(F)c(F)c(C(F)(F)F)c(F)c1F. The van der Waals surface area contributed by atoms with Gasteiger partial charge in [0, 0.05) is 16.1 Å². The number of anilines is 2. The number of carbonyl (C=O) groups excluding carboxylic acids is 2. The summed E-state index contributed by atoms with van der Waals surface area (Å²) in [5.41, 5.74) is -3.84. The molecule has 1 unspecified atom stereocenters. The molecule has 0 aliphatic carbocycles. The van der Waals surface area contributed by atoms with E-state index in [1.807, 2.05) is 0 Å². The van der Waals surface area contributed by atoms with Gasteiger partial charge in [0.2, 0.25) is 5.91 Å². The summed E-state index contributed by atoms with van der Waals surface area (Å²) in [7, 11) is 2.85. The van der Waals surface area contributed by atoms with E-state index in [4.69, 9.17) is 9.47 Å². The lowest BCUT2D eigenvalue weighted by Gasteiger charge is -2.18. The van der Waals surface area contributed by atoms with Gasteiger partial charge in [-0.25, -0.2) is 17.6 Å². The molecule has 0 aliphatic rings. The van der Waals surface area contributed by atoms with E-state index in [1.54, 1.807) is 29.6 Å². The van der Waals surface area contributed by atoms with Crippen molar-refractivity contribution in [1.29, 1.82) is 0 Å². The Morgan fingerprint density at radius 1 is 0.875 bits per heavy atom. The molecule has 0 aliphatic heterocycles. The van der Waals surface area contributed by atoms with Crippen molar-refractivity contribution in [2.75, 3.05) is 24.9 Å². The topological polar surface area (TPSA) is 76.7 Å². The summed E-state index contributed by atoms with van der Waals surface area (Å²) >= 11 is 0.879. The molecular weight excluding hydrogens is 569 g/mol. The summed E-state index contributed by atoms with van der Waals surface area (Å²) < 4.78 is 105. The number of rotatable bonds is 9. The molecule has 0 bridgehead atoms. The number of amides is 2. The third-order valence-corrected chi connectivity index (χ3v) is 6.83. The van der Waals surface area contributed by atoms with E-state index in [1.165, 1.54) is 39.3 Å². The molecule has 1 atom stereocenters. The van der Waals surface area contributed by atoms with Crippen LogP contribution >= 0.6 is 11.8 Å². The molecule has 3 aromatic rings. The first kappa shape index (κ1) is 30.6. The van der Waals surface area contributed by atoms with Crippen LogP contribution in [0.5, 0.6) is 11.5 Å². The minimum absolute atomic E-state index is 0.0492. The van der Waals surface area contributed by atoms with Gasteiger partial charge in [0.15, 0.2) is 34.8 Å². The molecular formula is C26H21F7N2O4S. The maximum Gasteiger partial charge on any atom is 0.422 e. The number of benzene rings is 3. The largest absolute Gasteiger partial charge is 0.493 e. The van der Waals surface area contributed by atoms with Crippen LogP contribution in [0.2, 0.25) is 0 Å². The Bertz CT molecular complexity index is 1400. The zero-order valence-electron chi connectivity index (χ0n) is 21.0. The minimum Gasteiger partial charge on any atom is -0.493 e. The van der Waals surface area contributed by atoms with E-state index in [9.17, 15) is 40.3 Å². The molecule has 14 heteroatoms. The van der Waals surface area contributed by atoms with Crippen molar-refractivity contribution >= 4 is 35.0 Å². The van der Waals surface area contributed by atoms with Crippen LogP contribution in [0.15, 0.2) is 47.4 Å². The summed E-state index contributed by atoms with van der Waals surface area (Å²) in [6, 6.07) is 10.7. The number of carbonyl (C=O) groups is 2. The summed E-state index contributed by atoms with van der Waals surface area (Å²) in [6.45, 7) is 1.53. The molecule has 0 fully saturated rings. The van der Waals surface area contributed by atoms with E-state index < -0.39 is 57.8 Å². The van der Waals surface area contributed by atoms with E-state index >= 15 is 0 Å². The quantitative estimate of drug-likeness (QED) is 0.159. The van der Waals surface area contributed by atoms with Gasteiger partial charge in [0.25, 0.3) is 5.91 Å². The molecule has 214 valence electrons. The Balaban J connectivity index is 1.78. The molecule has 0 radical (unpaired) electrons. The number of halogens is 7. The monoisotopic (exact) mass is 590 g/mol. The average molecular weight is 591 g/mol. The fraction of sp³-hybridized carbons (Fsp3) is 0.231. The molecule has 40 heavy (non-hydrogen) atoms. The van der Waals surface area contributed by atoms with Gasteiger partial charge in [-0.2, -0.15) is 13.2 Å². The molecule has 0 heterocycles.